The number of amides is 2. The number of carbonyl (C=O) groups excluding carboxylic acids is 2. The van der Waals surface area contributed by atoms with Gasteiger partial charge < -0.3 is 9.09 Å². The first-order valence-corrected chi connectivity index (χ1v) is 9.78. The minimum absolute atomic E-state index is 0.395. The van der Waals surface area contributed by atoms with Gasteiger partial charge in [0.25, 0.3) is 11.8 Å². The predicted octanol–water partition coefficient (Wildman–Crippen LogP) is 3.45. The monoisotopic (exact) mass is 448 g/mol. The van der Waals surface area contributed by atoms with Crippen LogP contribution in [0.2, 0.25) is 0 Å². The molecule has 0 saturated heterocycles. The Morgan fingerprint density at radius 3 is 2.63 bits per heavy atom. The highest BCUT2D eigenvalue weighted by Crippen LogP contribution is 2.26. The van der Waals surface area contributed by atoms with Crippen LogP contribution in [0.15, 0.2) is 56.5 Å². The largest absolute Gasteiger partial charge is 0.360 e. The number of halogens is 1. The summed E-state index contributed by atoms with van der Waals surface area (Å²) in [7, 11) is 1.75. The van der Waals surface area contributed by atoms with Crippen molar-refractivity contribution in [2.24, 2.45) is 7.05 Å². The molecule has 0 atom stereocenters. The van der Waals surface area contributed by atoms with Crippen molar-refractivity contribution in [1.82, 2.24) is 20.6 Å². The molecule has 7 nitrogen and oxygen atoms in total. The summed E-state index contributed by atoms with van der Waals surface area (Å²) in [6, 6.07) is 10.7. The molecule has 0 unspecified atom stereocenters. The fraction of sp³-hybridized carbons (Fsp3) is 0.167. The zero-order chi connectivity index (χ0) is 19.4. The standard InChI is InChI=1S/C18H17BrN4O3S/c1-11-7-13(26-22-11)10-27-16-6-4-3-5-14(16)17(24)20-21-18(25)15-8-12(19)9-23(15)2/h3-9H,10H2,1-2H3,(H,20,24)(H,21,25). The van der Waals surface area contributed by atoms with Crippen LogP contribution in [0.1, 0.15) is 32.3 Å². The van der Waals surface area contributed by atoms with Crippen molar-refractivity contribution in [3.05, 3.63) is 69.8 Å². The van der Waals surface area contributed by atoms with Crippen LogP contribution in [0.3, 0.4) is 0 Å². The van der Waals surface area contributed by atoms with Crippen molar-refractivity contribution < 1.29 is 14.1 Å². The Morgan fingerprint density at radius 1 is 1.22 bits per heavy atom. The Hall–Kier alpha value is -2.52. The second kappa shape index (κ2) is 8.45. The summed E-state index contributed by atoms with van der Waals surface area (Å²) in [6.07, 6.45) is 1.76. The lowest BCUT2D eigenvalue weighted by Crippen LogP contribution is -2.42. The zero-order valence-corrected chi connectivity index (χ0v) is 17.1. The Kier molecular flexibility index (Phi) is 6.02. The summed E-state index contributed by atoms with van der Waals surface area (Å²) in [6.45, 7) is 1.85. The maximum Gasteiger partial charge on any atom is 0.286 e. The quantitative estimate of drug-likeness (QED) is 0.460. The van der Waals surface area contributed by atoms with Crippen molar-refractivity contribution in [1.29, 1.82) is 0 Å². The number of hydrogen-bond acceptors (Lipinski definition) is 5. The number of rotatable bonds is 5. The third kappa shape index (κ3) is 4.81. The van der Waals surface area contributed by atoms with Crippen LogP contribution in [0.4, 0.5) is 0 Å². The molecule has 0 radical (unpaired) electrons. The van der Waals surface area contributed by atoms with Crippen LogP contribution in [0, 0.1) is 6.92 Å². The Balaban J connectivity index is 1.64. The van der Waals surface area contributed by atoms with E-state index < -0.39 is 11.8 Å². The molecule has 0 aliphatic carbocycles. The van der Waals surface area contributed by atoms with Gasteiger partial charge in [-0.05, 0) is 41.1 Å². The summed E-state index contributed by atoms with van der Waals surface area (Å²) in [5.41, 5.74) is 6.60. The molecule has 140 valence electrons. The van der Waals surface area contributed by atoms with E-state index in [0.717, 1.165) is 20.8 Å². The summed E-state index contributed by atoms with van der Waals surface area (Å²) in [5, 5.41) is 3.85. The predicted molar refractivity (Wildman–Crippen MR) is 105 cm³/mol. The lowest BCUT2D eigenvalue weighted by Gasteiger charge is -2.10. The minimum atomic E-state index is -0.404. The molecule has 3 rings (SSSR count). The van der Waals surface area contributed by atoms with Gasteiger partial charge in [0.1, 0.15) is 11.5 Å². The topological polar surface area (TPSA) is 89.2 Å². The van der Waals surface area contributed by atoms with Gasteiger partial charge in [-0.3, -0.25) is 20.4 Å². The number of aromatic nitrogens is 2. The van der Waals surface area contributed by atoms with E-state index in [-0.39, 0.29) is 0 Å². The Bertz CT molecular complexity index is 983. The molecule has 0 aliphatic heterocycles. The van der Waals surface area contributed by atoms with Crippen LogP contribution >= 0.6 is 27.7 Å². The van der Waals surface area contributed by atoms with Gasteiger partial charge in [-0.25, -0.2) is 0 Å². The molecule has 9 heteroatoms. The lowest BCUT2D eigenvalue weighted by atomic mass is 10.2. The number of carbonyl (C=O) groups is 2. The average molecular weight is 449 g/mol. The van der Waals surface area contributed by atoms with Crippen molar-refractivity contribution >= 4 is 39.5 Å². The van der Waals surface area contributed by atoms with Crippen LogP contribution in [0.25, 0.3) is 0 Å². The highest BCUT2D eigenvalue weighted by Gasteiger charge is 2.15. The number of benzene rings is 1. The minimum Gasteiger partial charge on any atom is -0.360 e. The molecule has 2 aromatic heterocycles. The molecule has 3 aromatic rings. The van der Waals surface area contributed by atoms with E-state index in [2.05, 4.69) is 31.9 Å². The first kappa shape index (κ1) is 19.2. The number of hydrazine groups is 1. The van der Waals surface area contributed by atoms with Gasteiger partial charge in [0.05, 0.1) is 17.0 Å². The van der Waals surface area contributed by atoms with E-state index in [9.17, 15) is 9.59 Å². The smallest absolute Gasteiger partial charge is 0.286 e. The first-order valence-electron chi connectivity index (χ1n) is 8.00. The number of nitrogens with zero attached hydrogens (tertiary/aromatic N) is 2. The highest BCUT2D eigenvalue weighted by atomic mass is 79.9. The van der Waals surface area contributed by atoms with Crippen molar-refractivity contribution in [2.45, 2.75) is 17.6 Å². The fourth-order valence-corrected chi connectivity index (χ4v) is 3.86. The molecule has 0 bridgehead atoms. The molecule has 0 aliphatic rings. The van der Waals surface area contributed by atoms with Crippen molar-refractivity contribution in [3.63, 3.8) is 0 Å². The van der Waals surface area contributed by atoms with Gasteiger partial charge in [0.2, 0.25) is 0 Å². The van der Waals surface area contributed by atoms with Crippen molar-refractivity contribution in [2.75, 3.05) is 0 Å². The summed E-state index contributed by atoms with van der Waals surface area (Å²) in [5.74, 6) is 0.483. The molecule has 2 N–H and O–H groups in total. The van der Waals surface area contributed by atoms with E-state index in [4.69, 9.17) is 4.52 Å². The van der Waals surface area contributed by atoms with Crippen LogP contribution < -0.4 is 10.9 Å². The fourth-order valence-electron chi connectivity index (χ4n) is 2.41. The molecule has 0 fully saturated rings. The van der Waals surface area contributed by atoms with E-state index in [0.29, 0.717) is 17.0 Å². The number of nitrogens with one attached hydrogen (secondary N) is 2. The summed E-state index contributed by atoms with van der Waals surface area (Å²) in [4.78, 5) is 25.5. The Morgan fingerprint density at radius 2 is 1.96 bits per heavy atom. The summed E-state index contributed by atoms with van der Waals surface area (Å²) < 4.78 is 7.64. The van der Waals surface area contributed by atoms with E-state index in [1.807, 2.05) is 25.1 Å². The second-order valence-electron chi connectivity index (χ2n) is 5.78. The average Bonchev–Trinajstić information content (AvgIpc) is 3.22. The van der Waals surface area contributed by atoms with Crippen LogP contribution in [-0.4, -0.2) is 21.5 Å². The van der Waals surface area contributed by atoms with Gasteiger partial charge >= 0.3 is 0 Å². The van der Waals surface area contributed by atoms with Gasteiger partial charge in [0, 0.05) is 28.7 Å². The summed E-state index contributed by atoms with van der Waals surface area (Å²) >= 11 is 4.77. The molecular weight excluding hydrogens is 432 g/mol. The van der Waals surface area contributed by atoms with Gasteiger partial charge in [0.15, 0.2) is 0 Å². The van der Waals surface area contributed by atoms with Gasteiger partial charge in [-0.15, -0.1) is 11.8 Å². The molecule has 0 spiro atoms. The number of hydrogen-bond donors (Lipinski definition) is 2. The SMILES string of the molecule is Cc1cc(CSc2ccccc2C(=O)NNC(=O)c2cc(Br)cn2C)on1. The Labute approximate surface area is 168 Å². The molecule has 0 saturated carbocycles. The maximum atomic E-state index is 12.5. The van der Waals surface area contributed by atoms with Crippen LogP contribution in [0.5, 0.6) is 0 Å². The maximum absolute atomic E-state index is 12.5. The highest BCUT2D eigenvalue weighted by molar-refractivity contribution is 9.10. The van der Waals surface area contributed by atoms with Gasteiger partial charge in [-0.1, -0.05) is 17.3 Å². The number of thioether (sulfide) groups is 1. The normalized spacial score (nSPS) is 10.6. The third-order valence-electron chi connectivity index (χ3n) is 3.67. The second-order valence-corrected chi connectivity index (χ2v) is 7.72. The van der Waals surface area contributed by atoms with E-state index >= 15 is 0 Å². The third-order valence-corrected chi connectivity index (χ3v) is 5.20. The molecule has 2 amide bonds. The molecule has 1 aromatic carbocycles. The lowest BCUT2D eigenvalue weighted by molar-refractivity contribution is 0.0840. The van der Waals surface area contributed by atoms with E-state index in [1.165, 1.54) is 11.8 Å². The van der Waals surface area contributed by atoms with Crippen LogP contribution in [-0.2, 0) is 12.8 Å². The van der Waals surface area contributed by atoms with Gasteiger partial charge in [-0.2, -0.15) is 0 Å². The molecular formula is C18H17BrN4O3S. The van der Waals surface area contributed by atoms with E-state index in [1.54, 1.807) is 36.0 Å². The molecule has 27 heavy (non-hydrogen) atoms. The number of aryl methyl sites for hydroxylation is 2. The zero-order valence-electron chi connectivity index (χ0n) is 14.7. The first-order chi connectivity index (χ1) is 12.9. The van der Waals surface area contributed by atoms with Crippen molar-refractivity contribution in [3.8, 4) is 0 Å². The molecule has 2 heterocycles.